The topological polar surface area (TPSA) is 50.8 Å². The van der Waals surface area contributed by atoms with Gasteiger partial charge in [-0.2, -0.15) is 5.26 Å². The number of rotatable bonds is 6. The molecule has 0 N–H and O–H groups in total. The third-order valence-electron chi connectivity index (χ3n) is 3.65. The molecule has 0 aliphatic rings. The minimum atomic E-state index is 0.173. The molecule has 0 aliphatic carbocycles. The summed E-state index contributed by atoms with van der Waals surface area (Å²) in [4.78, 5) is 4.68. The molecule has 2 aromatic rings. The Morgan fingerprint density at radius 3 is 2.76 bits per heavy atom. The van der Waals surface area contributed by atoms with Crippen LogP contribution in [0.5, 0.6) is 0 Å². The van der Waals surface area contributed by atoms with Gasteiger partial charge in [0.15, 0.2) is 0 Å². The lowest BCUT2D eigenvalue weighted by atomic mass is 10.0. The molecule has 1 unspecified atom stereocenters. The number of halogens is 1. The maximum atomic E-state index is 9.12. The molecular weight excluding hydrogens is 286 g/mol. The van der Waals surface area contributed by atoms with Crippen molar-refractivity contribution in [3.63, 3.8) is 0 Å². The Bertz CT molecular complexity index is 657. The molecule has 1 atom stereocenters. The maximum absolute atomic E-state index is 9.12. The normalized spacial score (nSPS) is 12.8. The maximum Gasteiger partial charge on any atom is 0.111 e. The molecule has 112 valence electrons. The van der Waals surface area contributed by atoms with E-state index in [1.807, 2.05) is 12.1 Å². The SMILES string of the molecule is COCC(C(C)C)n1c(CCCl)nc2ccc(C#N)cc21. The third kappa shape index (κ3) is 3.20. The zero-order chi connectivity index (χ0) is 15.4. The van der Waals surface area contributed by atoms with Crippen LogP contribution in [-0.2, 0) is 11.2 Å². The Kier molecular flexibility index (Phi) is 5.22. The fourth-order valence-corrected chi connectivity index (χ4v) is 2.75. The minimum absolute atomic E-state index is 0.173. The number of hydrogen-bond acceptors (Lipinski definition) is 3. The van der Waals surface area contributed by atoms with Gasteiger partial charge >= 0.3 is 0 Å². The molecule has 0 aliphatic heterocycles. The van der Waals surface area contributed by atoms with Crippen LogP contribution in [0.1, 0.15) is 31.3 Å². The molecule has 21 heavy (non-hydrogen) atoms. The molecule has 0 fully saturated rings. The van der Waals surface area contributed by atoms with Crippen LogP contribution in [-0.4, -0.2) is 29.1 Å². The molecule has 0 bridgehead atoms. The highest BCUT2D eigenvalue weighted by Gasteiger charge is 2.22. The van der Waals surface area contributed by atoms with Gasteiger partial charge in [-0.3, -0.25) is 0 Å². The van der Waals surface area contributed by atoms with Gasteiger partial charge in [-0.25, -0.2) is 4.98 Å². The van der Waals surface area contributed by atoms with Crippen molar-refractivity contribution in [3.05, 3.63) is 29.6 Å². The van der Waals surface area contributed by atoms with Crippen LogP contribution < -0.4 is 0 Å². The van der Waals surface area contributed by atoms with E-state index in [1.54, 1.807) is 13.2 Å². The summed E-state index contributed by atoms with van der Waals surface area (Å²) in [6.07, 6.45) is 0.699. The van der Waals surface area contributed by atoms with E-state index in [0.29, 0.717) is 30.4 Å². The smallest absolute Gasteiger partial charge is 0.111 e. The highest BCUT2D eigenvalue weighted by Crippen LogP contribution is 2.27. The molecule has 0 spiro atoms. The molecule has 5 heteroatoms. The largest absolute Gasteiger partial charge is 0.383 e. The van der Waals surface area contributed by atoms with E-state index in [9.17, 15) is 0 Å². The fraction of sp³-hybridized carbons (Fsp3) is 0.500. The molecule has 1 aromatic carbocycles. The average molecular weight is 306 g/mol. The van der Waals surface area contributed by atoms with Crippen LogP contribution in [0.15, 0.2) is 18.2 Å². The second-order valence-corrected chi connectivity index (χ2v) is 5.80. The quantitative estimate of drug-likeness (QED) is 0.767. The summed E-state index contributed by atoms with van der Waals surface area (Å²) in [5, 5.41) is 9.12. The first-order valence-corrected chi connectivity index (χ1v) is 7.61. The first-order chi connectivity index (χ1) is 10.1. The molecule has 0 radical (unpaired) electrons. The van der Waals surface area contributed by atoms with E-state index < -0.39 is 0 Å². The molecule has 4 nitrogen and oxygen atoms in total. The molecule has 1 aromatic heterocycles. The van der Waals surface area contributed by atoms with Crippen LogP contribution in [0.3, 0.4) is 0 Å². The van der Waals surface area contributed by atoms with Crippen LogP contribution in [0.4, 0.5) is 0 Å². The van der Waals surface area contributed by atoms with Crippen molar-refractivity contribution in [2.75, 3.05) is 19.6 Å². The first-order valence-electron chi connectivity index (χ1n) is 7.08. The number of aromatic nitrogens is 2. The number of aryl methyl sites for hydroxylation is 1. The van der Waals surface area contributed by atoms with Gasteiger partial charge in [-0.15, -0.1) is 11.6 Å². The first kappa shape index (κ1) is 15.8. The van der Waals surface area contributed by atoms with Gasteiger partial charge in [0.2, 0.25) is 0 Å². The monoisotopic (exact) mass is 305 g/mol. The number of alkyl halides is 1. The van der Waals surface area contributed by atoms with E-state index >= 15 is 0 Å². The van der Waals surface area contributed by atoms with Gasteiger partial charge in [0.1, 0.15) is 5.82 Å². The number of methoxy groups -OCH3 is 1. The molecule has 1 heterocycles. The Balaban J connectivity index is 2.65. The van der Waals surface area contributed by atoms with Gasteiger partial charge in [0.05, 0.1) is 35.3 Å². The summed E-state index contributed by atoms with van der Waals surface area (Å²) in [5.74, 6) is 1.86. The van der Waals surface area contributed by atoms with Crippen LogP contribution in [0, 0.1) is 17.2 Å². The second-order valence-electron chi connectivity index (χ2n) is 5.42. The molecule has 2 rings (SSSR count). The number of fused-ring (bicyclic) bond motifs is 1. The van der Waals surface area contributed by atoms with E-state index in [4.69, 9.17) is 21.6 Å². The Labute approximate surface area is 130 Å². The Morgan fingerprint density at radius 1 is 1.43 bits per heavy atom. The van der Waals surface area contributed by atoms with Gasteiger partial charge in [-0.1, -0.05) is 13.8 Å². The summed E-state index contributed by atoms with van der Waals surface area (Å²) >= 11 is 5.92. The van der Waals surface area contributed by atoms with E-state index in [2.05, 4.69) is 29.5 Å². The predicted molar refractivity (Wildman–Crippen MR) is 84.6 cm³/mol. The van der Waals surface area contributed by atoms with E-state index in [-0.39, 0.29) is 6.04 Å². The standard InChI is InChI=1S/C16H20ClN3O/c1-11(2)15(10-21-3)20-14-8-12(9-18)4-5-13(14)19-16(20)6-7-17/h4-5,8,11,15H,6-7,10H2,1-3H3. The fourth-order valence-electron chi connectivity index (χ4n) is 2.58. The van der Waals surface area contributed by atoms with Crippen LogP contribution in [0.2, 0.25) is 0 Å². The zero-order valence-corrected chi connectivity index (χ0v) is 13.4. The number of ether oxygens (including phenoxy) is 1. The summed E-state index contributed by atoms with van der Waals surface area (Å²) in [6.45, 7) is 4.93. The van der Waals surface area contributed by atoms with Crippen molar-refractivity contribution < 1.29 is 4.74 Å². The van der Waals surface area contributed by atoms with Crippen molar-refractivity contribution in [1.29, 1.82) is 5.26 Å². The van der Waals surface area contributed by atoms with Gasteiger partial charge < -0.3 is 9.30 Å². The van der Waals surface area contributed by atoms with Crippen molar-refractivity contribution in [1.82, 2.24) is 9.55 Å². The van der Waals surface area contributed by atoms with Gasteiger partial charge in [0.25, 0.3) is 0 Å². The lowest BCUT2D eigenvalue weighted by molar-refractivity contribution is 0.133. The Morgan fingerprint density at radius 2 is 2.19 bits per heavy atom. The number of benzene rings is 1. The summed E-state index contributed by atoms with van der Waals surface area (Å²) in [5.41, 5.74) is 2.52. The second kappa shape index (κ2) is 6.93. The summed E-state index contributed by atoms with van der Waals surface area (Å²) < 4.78 is 7.57. The predicted octanol–water partition coefficient (Wildman–Crippen LogP) is 3.53. The van der Waals surface area contributed by atoms with Gasteiger partial charge in [0, 0.05) is 19.4 Å². The van der Waals surface area contributed by atoms with Gasteiger partial charge in [-0.05, 0) is 24.1 Å². The van der Waals surface area contributed by atoms with Crippen LogP contribution in [0.25, 0.3) is 11.0 Å². The molecule has 0 amide bonds. The summed E-state index contributed by atoms with van der Waals surface area (Å²) in [7, 11) is 1.70. The molecular formula is C16H20ClN3O. The number of nitriles is 1. The molecule has 0 saturated carbocycles. The highest BCUT2D eigenvalue weighted by atomic mass is 35.5. The minimum Gasteiger partial charge on any atom is -0.383 e. The average Bonchev–Trinajstić information content (AvgIpc) is 2.81. The zero-order valence-electron chi connectivity index (χ0n) is 12.6. The van der Waals surface area contributed by atoms with Crippen LogP contribution >= 0.6 is 11.6 Å². The summed E-state index contributed by atoms with van der Waals surface area (Å²) in [6, 6.07) is 7.95. The highest BCUT2D eigenvalue weighted by molar-refractivity contribution is 6.17. The van der Waals surface area contributed by atoms with Crippen molar-refractivity contribution in [3.8, 4) is 6.07 Å². The lowest BCUT2D eigenvalue weighted by Gasteiger charge is -2.24. The van der Waals surface area contributed by atoms with E-state index in [1.165, 1.54) is 0 Å². The number of imidazole rings is 1. The van der Waals surface area contributed by atoms with E-state index in [0.717, 1.165) is 16.9 Å². The van der Waals surface area contributed by atoms with Crippen molar-refractivity contribution in [2.45, 2.75) is 26.3 Å². The number of nitrogens with zero attached hydrogens (tertiary/aromatic N) is 3. The Hall–Kier alpha value is -1.57. The van der Waals surface area contributed by atoms with Crippen molar-refractivity contribution >= 4 is 22.6 Å². The lowest BCUT2D eigenvalue weighted by Crippen LogP contribution is -2.22. The third-order valence-corrected chi connectivity index (χ3v) is 3.84. The number of hydrogen-bond donors (Lipinski definition) is 0. The molecule has 0 saturated heterocycles. The van der Waals surface area contributed by atoms with Crippen molar-refractivity contribution in [2.24, 2.45) is 5.92 Å².